The Hall–Kier alpha value is -3.64. The third kappa shape index (κ3) is 2.90. The molecule has 3 heterocycles. The minimum absolute atomic E-state index is 0.422. The molecule has 2 N–H and O–H groups in total. The summed E-state index contributed by atoms with van der Waals surface area (Å²) in [5.41, 5.74) is 11.5. The van der Waals surface area contributed by atoms with Crippen molar-refractivity contribution in [3.05, 3.63) is 79.0 Å². The van der Waals surface area contributed by atoms with E-state index in [4.69, 9.17) is 10.7 Å². The van der Waals surface area contributed by atoms with Gasteiger partial charge in [-0.25, -0.2) is 4.98 Å². The summed E-state index contributed by atoms with van der Waals surface area (Å²) in [6.45, 7) is 0. The Morgan fingerprint density at radius 2 is 1.46 bits per heavy atom. The highest BCUT2D eigenvalue weighted by Gasteiger charge is 2.16. The number of nitrogens with two attached hydrogens (primary N) is 1. The van der Waals surface area contributed by atoms with E-state index in [2.05, 4.69) is 45.5 Å². The van der Waals surface area contributed by atoms with Crippen molar-refractivity contribution >= 4 is 27.4 Å². The second-order valence-corrected chi connectivity index (χ2v) is 7.30. The van der Waals surface area contributed by atoms with E-state index in [0.29, 0.717) is 10.1 Å². The molecule has 0 saturated heterocycles. The van der Waals surface area contributed by atoms with Crippen LogP contribution in [0.15, 0.2) is 79.0 Å². The summed E-state index contributed by atoms with van der Waals surface area (Å²) in [6.07, 6.45) is 1.75. The van der Waals surface area contributed by atoms with E-state index in [-0.39, 0.29) is 0 Å². The van der Waals surface area contributed by atoms with Gasteiger partial charge in [0.1, 0.15) is 5.69 Å². The van der Waals surface area contributed by atoms with Crippen molar-refractivity contribution in [2.24, 2.45) is 0 Å². The third-order valence-electron chi connectivity index (χ3n) is 4.52. The lowest BCUT2D eigenvalue weighted by atomic mass is 9.97. The van der Waals surface area contributed by atoms with Crippen molar-refractivity contribution in [3.8, 4) is 33.1 Å². The van der Waals surface area contributed by atoms with Gasteiger partial charge in [0.15, 0.2) is 5.01 Å². The zero-order chi connectivity index (χ0) is 18.9. The predicted octanol–water partition coefficient (Wildman–Crippen LogP) is 5.06. The van der Waals surface area contributed by atoms with Crippen LogP contribution in [0, 0.1) is 0 Å². The lowest BCUT2D eigenvalue weighted by molar-refractivity contribution is 1.10. The number of benzene rings is 2. The Morgan fingerprint density at radius 3 is 2.14 bits per heavy atom. The van der Waals surface area contributed by atoms with E-state index in [9.17, 15) is 0 Å². The molecule has 0 spiro atoms. The summed E-state index contributed by atoms with van der Waals surface area (Å²) in [5.74, 6) is 0. The van der Waals surface area contributed by atoms with Crippen molar-refractivity contribution in [2.45, 2.75) is 0 Å². The molecule has 0 fully saturated rings. The van der Waals surface area contributed by atoms with Gasteiger partial charge in [0.2, 0.25) is 5.13 Å². The second kappa shape index (κ2) is 6.83. The number of nitrogen functional groups attached to an aromatic ring is 1. The first-order chi connectivity index (χ1) is 13.8. The van der Waals surface area contributed by atoms with Crippen LogP contribution in [0.5, 0.6) is 0 Å². The van der Waals surface area contributed by atoms with Crippen LogP contribution in [-0.2, 0) is 0 Å². The molecule has 0 aliphatic heterocycles. The maximum Gasteiger partial charge on any atom is 0.203 e. The highest BCUT2D eigenvalue weighted by Crippen LogP contribution is 2.36. The van der Waals surface area contributed by atoms with Crippen molar-refractivity contribution in [3.63, 3.8) is 0 Å². The monoisotopic (exact) mass is 381 g/mol. The van der Waals surface area contributed by atoms with E-state index in [0.717, 1.165) is 39.0 Å². The van der Waals surface area contributed by atoms with Gasteiger partial charge in [-0.15, -0.1) is 10.2 Å². The molecule has 0 amide bonds. The molecule has 0 atom stereocenters. The van der Waals surface area contributed by atoms with Gasteiger partial charge in [-0.2, -0.15) is 0 Å². The molecule has 3 aromatic heterocycles. The van der Waals surface area contributed by atoms with Gasteiger partial charge in [0.25, 0.3) is 0 Å². The van der Waals surface area contributed by atoms with Crippen LogP contribution in [0.4, 0.5) is 5.13 Å². The fourth-order valence-electron chi connectivity index (χ4n) is 3.25. The fourth-order valence-corrected chi connectivity index (χ4v) is 3.87. The van der Waals surface area contributed by atoms with Crippen LogP contribution in [-0.4, -0.2) is 20.2 Å². The first-order valence-corrected chi connectivity index (χ1v) is 9.61. The van der Waals surface area contributed by atoms with E-state index in [1.807, 2.05) is 42.5 Å². The smallest absolute Gasteiger partial charge is 0.203 e. The van der Waals surface area contributed by atoms with Gasteiger partial charge in [-0.3, -0.25) is 4.98 Å². The van der Waals surface area contributed by atoms with E-state index in [1.165, 1.54) is 11.3 Å². The average Bonchev–Trinajstić information content (AvgIpc) is 3.19. The summed E-state index contributed by atoms with van der Waals surface area (Å²) in [4.78, 5) is 9.54. The molecule has 0 saturated carbocycles. The molecule has 0 radical (unpaired) electrons. The van der Waals surface area contributed by atoms with E-state index < -0.39 is 0 Å². The van der Waals surface area contributed by atoms with E-state index in [1.54, 1.807) is 6.20 Å². The Morgan fingerprint density at radius 1 is 0.750 bits per heavy atom. The fraction of sp³-hybridized carbons (Fsp3) is 0. The van der Waals surface area contributed by atoms with Crippen molar-refractivity contribution < 1.29 is 0 Å². The molecule has 0 aliphatic rings. The van der Waals surface area contributed by atoms with Gasteiger partial charge < -0.3 is 5.73 Å². The maximum absolute atomic E-state index is 5.78. The number of nitrogens with zero attached hydrogens (tertiary/aromatic N) is 4. The van der Waals surface area contributed by atoms with Crippen molar-refractivity contribution in [2.75, 3.05) is 5.73 Å². The minimum atomic E-state index is 0.422. The molecule has 134 valence electrons. The second-order valence-electron chi connectivity index (χ2n) is 6.29. The number of anilines is 1. The standard InChI is InChI=1S/C22H15N5S/c23-22-27-26-21(28-22)20-17-13-16(14-7-3-1-4-8-14)19(15-9-5-2-6-10-15)25-18(17)11-12-24-20/h1-13H,(H2,23,27). The number of fused-ring (bicyclic) bond motifs is 1. The first-order valence-electron chi connectivity index (χ1n) is 8.79. The normalized spacial score (nSPS) is 11.0. The molecular formula is C22H15N5S. The predicted molar refractivity (Wildman–Crippen MR) is 114 cm³/mol. The molecule has 0 bridgehead atoms. The number of rotatable bonds is 3. The third-order valence-corrected chi connectivity index (χ3v) is 5.28. The van der Waals surface area contributed by atoms with Gasteiger partial charge in [0, 0.05) is 22.7 Å². The molecule has 5 rings (SSSR count). The molecule has 5 aromatic rings. The molecule has 0 unspecified atom stereocenters. The lowest BCUT2D eigenvalue weighted by Crippen LogP contribution is -1.94. The molecule has 0 aliphatic carbocycles. The van der Waals surface area contributed by atoms with Crippen LogP contribution in [0.2, 0.25) is 0 Å². The summed E-state index contributed by atoms with van der Waals surface area (Å²) in [7, 11) is 0. The van der Waals surface area contributed by atoms with Gasteiger partial charge >= 0.3 is 0 Å². The quantitative estimate of drug-likeness (QED) is 0.472. The van der Waals surface area contributed by atoms with E-state index >= 15 is 0 Å². The summed E-state index contributed by atoms with van der Waals surface area (Å²) in [5, 5.41) is 10.1. The summed E-state index contributed by atoms with van der Waals surface area (Å²) >= 11 is 1.32. The zero-order valence-electron chi connectivity index (χ0n) is 14.8. The zero-order valence-corrected chi connectivity index (χ0v) is 15.6. The van der Waals surface area contributed by atoms with Crippen LogP contribution >= 0.6 is 11.3 Å². The van der Waals surface area contributed by atoms with Gasteiger partial charge in [0.05, 0.1) is 11.2 Å². The average molecular weight is 381 g/mol. The van der Waals surface area contributed by atoms with Crippen LogP contribution < -0.4 is 5.73 Å². The van der Waals surface area contributed by atoms with Crippen molar-refractivity contribution in [1.29, 1.82) is 0 Å². The number of aromatic nitrogens is 4. The highest BCUT2D eigenvalue weighted by atomic mass is 32.1. The summed E-state index contributed by atoms with van der Waals surface area (Å²) in [6, 6.07) is 24.5. The van der Waals surface area contributed by atoms with Crippen LogP contribution in [0.3, 0.4) is 0 Å². The van der Waals surface area contributed by atoms with Crippen molar-refractivity contribution in [1.82, 2.24) is 20.2 Å². The Balaban J connectivity index is 1.83. The Bertz CT molecular complexity index is 1270. The van der Waals surface area contributed by atoms with Crippen LogP contribution in [0.25, 0.3) is 44.0 Å². The Kier molecular flexibility index (Phi) is 4.03. The minimum Gasteiger partial charge on any atom is -0.374 e. The number of pyridine rings is 2. The molecule has 6 heteroatoms. The lowest BCUT2D eigenvalue weighted by Gasteiger charge is -2.12. The van der Waals surface area contributed by atoms with Crippen LogP contribution in [0.1, 0.15) is 0 Å². The molecule has 5 nitrogen and oxygen atoms in total. The maximum atomic E-state index is 5.78. The number of hydrogen-bond donors (Lipinski definition) is 1. The molecule has 2 aromatic carbocycles. The largest absolute Gasteiger partial charge is 0.374 e. The highest BCUT2D eigenvalue weighted by molar-refractivity contribution is 7.18. The first kappa shape index (κ1) is 16.5. The molecule has 28 heavy (non-hydrogen) atoms. The number of hydrogen-bond acceptors (Lipinski definition) is 6. The Labute approximate surface area is 165 Å². The topological polar surface area (TPSA) is 77.6 Å². The van der Waals surface area contributed by atoms with Gasteiger partial charge in [-0.1, -0.05) is 72.0 Å². The molecular weight excluding hydrogens is 366 g/mol. The summed E-state index contributed by atoms with van der Waals surface area (Å²) < 4.78 is 0. The SMILES string of the molecule is Nc1nnc(-c2nccc3nc(-c4ccccc4)c(-c4ccccc4)cc23)s1. The van der Waals surface area contributed by atoms with Gasteiger partial charge in [-0.05, 0) is 17.7 Å².